The Bertz CT molecular complexity index is 460. The first-order valence-corrected chi connectivity index (χ1v) is 7.92. The molecule has 0 atom stereocenters. The number of methoxy groups -OCH3 is 1. The fraction of sp³-hybridized carbons (Fsp3) is 0.562. The SMILES string of the molecule is CN=C(NCCOCCOC)N(C)CCOc1ccc(Cl)cc1.I. The van der Waals surface area contributed by atoms with Gasteiger partial charge in [-0.1, -0.05) is 11.6 Å². The average Bonchev–Trinajstić information content (AvgIpc) is 2.56. The van der Waals surface area contributed by atoms with E-state index in [-0.39, 0.29) is 24.0 Å². The molecule has 0 heterocycles. The molecule has 0 amide bonds. The van der Waals surface area contributed by atoms with Crippen LogP contribution in [0.1, 0.15) is 0 Å². The van der Waals surface area contributed by atoms with Gasteiger partial charge in [-0.15, -0.1) is 24.0 Å². The predicted octanol–water partition coefficient (Wildman–Crippen LogP) is 2.51. The number of benzene rings is 1. The molecule has 0 aliphatic rings. The maximum absolute atomic E-state index is 5.84. The highest BCUT2D eigenvalue weighted by Gasteiger charge is 2.05. The van der Waals surface area contributed by atoms with Crippen molar-refractivity contribution in [2.24, 2.45) is 4.99 Å². The van der Waals surface area contributed by atoms with Gasteiger partial charge in [-0.05, 0) is 24.3 Å². The first kappa shape index (κ1) is 23.2. The molecule has 0 bridgehead atoms. The van der Waals surface area contributed by atoms with Crippen molar-refractivity contribution in [1.82, 2.24) is 10.2 Å². The van der Waals surface area contributed by atoms with E-state index in [9.17, 15) is 0 Å². The van der Waals surface area contributed by atoms with E-state index in [1.54, 1.807) is 14.2 Å². The zero-order chi connectivity index (χ0) is 16.9. The second kappa shape index (κ2) is 14.6. The van der Waals surface area contributed by atoms with Gasteiger partial charge in [0.2, 0.25) is 0 Å². The first-order valence-electron chi connectivity index (χ1n) is 7.54. The van der Waals surface area contributed by atoms with Crippen molar-refractivity contribution >= 4 is 41.5 Å². The average molecular weight is 472 g/mol. The zero-order valence-electron chi connectivity index (χ0n) is 14.5. The Balaban J connectivity index is 0.00000529. The highest BCUT2D eigenvalue weighted by Crippen LogP contribution is 2.15. The van der Waals surface area contributed by atoms with Gasteiger partial charge in [0.25, 0.3) is 0 Å². The number of halogens is 2. The third-order valence-corrected chi connectivity index (χ3v) is 3.30. The van der Waals surface area contributed by atoms with Crippen molar-refractivity contribution in [3.05, 3.63) is 29.3 Å². The third kappa shape index (κ3) is 10.2. The maximum atomic E-state index is 5.84. The van der Waals surface area contributed by atoms with Crippen molar-refractivity contribution < 1.29 is 14.2 Å². The molecule has 24 heavy (non-hydrogen) atoms. The van der Waals surface area contributed by atoms with Crippen LogP contribution in [0.4, 0.5) is 0 Å². The number of nitrogens with one attached hydrogen (secondary N) is 1. The Morgan fingerprint density at radius 3 is 2.50 bits per heavy atom. The number of nitrogens with zero attached hydrogens (tertiary/aromatic N) is 2. The normalized spacial score (nSPS) is 10.9. The largest absolute Gasteiger partial charge is 0.492 e. The Morgan fingerprint density at radius 2 is 1.88 bits per heavy atom. The number of ether oxygens (including phenoxy) is 3. The van der Waals surface area contributed by atoms with Crippen LogP contribution in [0.15, 0.2) is 29.3 Å². The van der Waals surface area contributed by atoms with Gasteiger partial charge in [0, 0.05) is 32.8 Å². The summed E-state index contributed by atoms with van der Waals surface area (Å²) in [5.74, 6) is 1.61. The molecule has 0 aliphatic carbocycles. The fourth-order valence-corrected chi connectivity index (χ4v) is 1.93. The van der Waals surface area contributed by atoms with Gasteiger partial charge in [0.05, 0.1) is 26.4 Å². The van der Waals surface area contributed by atoms with Crippen LogP contribution in [0.25, 0.3) is 0 Å². The number of likely N-dealkylation sites (N-methyl/N-ethyl adjacent to an activating group) is 1. The Hall–Kier alpha value is -0.770. The van der Waals surface area contributed by atoms with Gasteiger partial charge in [0.15, 0.2) is 5.96 Å². The van der Waals surface area contributed by atoms with Gasteiger partial charge in [-0.3, -0.25) is 4.99 Å². The van der Waals surface area contributed by atoms with Crippen LogP contribution in [-0.4, -0.2) is 71.6 Å². The minimum Gasteiger partial charge on any atom is -0.492 e. The quantitative estimate of drug-likeness (QED) is 0.246. The summed E-state index contributed by atoms with van der Waals surface area (Å²) in [5, 5.41) is 3.94. The molecule has 0 radical (unpaired) electrons. The van der Waals surface area contributed by atoms with Crippen molar-refractivity contribution in [3.8, 4) is 5.75 Å². The molecule has 1 aromatic carbocycles. The summed E-state index contributed by atoms with van der Waals surface area (Å²) in [6.45, 7) is 3.78. The molecule has 6 nitrogen and oxygen atoms in total. The Morgan fingerprint density at radius 1 is 1.17 bits per heavy atom. The minimum atomic E-state index is 0. The summed E-state index contributed by atoms with van der Waals surface area (Å²) in [6, 6.07) is 7.33. The molecule has 138 valence electrons. The van der Waals surface area contributed by atoms with Gasteiger partial charge in [0.1, 0.15) is 12.4 Å². The van der Waals surface area contributed by atoms with E-state index in [0.29, 0.717) is 44.5 Å². The lowest BCUT2D eigenvalue weighted by Gasteiger charge is -2.22. The summed E-state index contributed by atoms with van der Waals surface area (Å²) < 4.78 is 16.0. The van der Waals surface area contributed by atoms with Crippen molar-refractivity contribution in [1.29, 1.82) is 0 Å². The minimum absolute atomic E-state index is 0. The van der Waals surface area contributed by atoms with Gasteiger partial charge in [-0.25, -0.2) is 0 Å². The zero-order valence-corrected chi connectivity index (χ0v) is 17.5. The van der Waals surface area contributed by atoms with E-state index in [2.05, 4.69) is 10.3 Å². The number of hydrogen-bond acceptors (Lipinski definition) is 4. The molecule has 0 saturated carbocycles. The first-order chi connectivity index (χ1) is 11.2. The van der Waals surface area contributed by atoms with Crippen LogP contribution in [0.5, 0.6) is 5.75 Å². The van der Waals surface area contributed by atoms with Crippen LogP contribution in [0.2, 0.25) is 5.02 Å². The predicted molar refractivity (Wildman–Crippen MR) is 109 cm³/mol. The number of hydrogen-bond donors (Lipinski definition) is 1. The molecule has 0 fully saturated rings. The Kier molecular flexibility index (Phi) is 14.1. The van der Waals surface area contributed by atoms with Crippen LogP contribution < -0.4 is 10.1 Å². The highest BCUT2D eigenvalue weighted by molar-refractivity contribution is 14.0. The molecular weight excluding hydrogens is 445 g/mol. The summed E-state index contributed by atoms with van der Waals surface area (Å²) in [7, 11) is 5.38. The van der Waals surface area contributed by atoms with Crippen LogP contribution in [0.3, 0.4) is 0 Å². The van der Waals surface area contributed by atoms with E-state index >= 15 is 0 Å². The summed E-state index contributed by atoms with van der Waals surface area (Å²) in [4.78, 5) is 6.24. The topological polar surface area (TPSA) is 55.3 Å². The van der Waals surface area contributed by atoms with E-state index in [1.807, 2.05) is 36.2 Å². The number of rotatable bonds is 10. The molecular formula is C16H27ClIN3O3. The van der Waals surface area contributed by atoms with Crippen LogP contribution in [0, 0.1) is 0 Å². The molecule has 0 spiro atoms. The van der Waals surface area contributed by atoms with Crippen molar-refractivity contribution in [3.63, 3.8) is 0 Å². The van der Waals surface area contributed by atoms with Crippen LogP contribution in [-0.2, 0) is 9.47 Å². The third-order valence-electron chi connectivity index (χ3n) is 3.04. The van der Waals surface area contributed by atoms with E-state index < -0.39 is 0 Å². The van der Waals surface area contributed by atoms with Gasteiger partial charge >= 0.3 is 0 Å². The molecule has 1 rings (SSSR count). The fourth-order valence-electron chi connectivity index (χ4n) is 1.80. The maximum Gasteiger partial charge on any atom is 0.193 e. The lowest BCUT2D eigenvalue weighted by Crippen LogP contribution is -2.42. The lowest BCUT2D eigenvalue weighted by atomic mass is 10.3. The van der Waals surface area contributed by atoms with E-state index in [0.717, 1.165) is 11.7 Å². The molecule has 8 heteroatoms. The molecule has 0 saturated heterocycles. The molecule has 0 aliphatic heterocycles. The smallest absolute Gasteiger partial charge is 0.193 e. The number of aliphatic imine (C=N–C) groups is 1. The molecule has 1 aromatic rings. The lowest BCUT2D eigenvalue weighted by molar-refractivity contribution is 0.0731. The van der Waals surface area contributed by atoms with Crippen molar-refractivity contribution in [2.45, 2.75) is 0 Å². The molecule has 0 aromatic heterocycles. The molecule has 1 N–H and O–H groups in total. The second-order valence-corrected chi connectivity index (χ2v) is 5.24. The van der Waals surface area contributed by atoms with Gasteiger partial charge in [-0.2, -0.15) is 0 Å². The van der Waals surface area contributed by atoms with E-state index in [1.165, 1.54) is 0 Å². The standard InChI is InChI=1S/C16H26ClN3O3.HI/c1-18-16(19-8-10-22-13-12-21-3)20(2)9-11-23-15-6-4-14(17)5-7-15;/h4-7H,8-13H2,1-3H3,(H,18,19);1H. The van der Waals surface area contributed by atoms with Crippen LogP contribution >= 0.6 is 35.6 Å². The highest BCUT2D eigenvalue weighted by atomic mass is 127. The Labute approximate surface area is 166 Å². The summed E-state index contributed by atoms with van der Waals surface area (Å²) in [6.07, 6.45) is 0. The summed E-state index contributed by atoms with van der Waals surface area (Å²) in [5.41, 5.74) is 0. The van der Waals surface area contributed by atoms with Crippen molar-refractivity contribution in [2.75, 3.05) is 60.7 Å². The summed E-state index contributed by atoms with van der Waals surface area (Å²) >= 11 is 5.84. The van der Waals surface area contributed by atoms with E-state index in [4.69, 9.17) is 25.8 Å². The molecule has 0 unspecified atom stereocenters. The van der Waals surface area contributed by atoms with Gasteiger partial charge < -0.3 is 24.4 Å². The number of guanidine groups is 1. The second-order valence-electron chi connectivity index (χ2n) is 4.80. The monoisotopic (exact) mass is 471 g/mol.